The summed E-state index contributed by atoms with van der Waals surface area (Å²) in [6.07, 6.45) is 0.628. The van der Waals surface area contributed by atoms with Crippen molar-refractivity contribution in [1.29, 1.82) is 0 Å². The van der Waals surface area contributed by atoms with Gasteiger partial charge in [-0.05, 0) is 22.4 Å². The fourth-order valence-electron chi connectivity index (χ4n) is 1.12. The SMILES string of the molecule is CCCS(=O)(=O)CCn1nc(N)nc1Br. The Hall–Kier alpha value is -0.630. The number of sulfone groups is 1. The summed E-state index contributed by atoms with van der Waals surface area (Å²) in [4.78, 5) is 3.81. The number of nitrogens with two attached hydrogens (primary N) is 1. The van der Waals surface area contributed by atoms with Gasteiger partial charge in [0, 0.05) is 5.75 Å². The molecule has 8 heteroatoms. The van der Waals surface area contributed by atoms with Gasteiger partial charge in [-0.3, -0.25) is 0 Å². The Morgan fingerprint density at radius 1 is 1.47 bits per heavy atom. The highest BCUT2D eigenvalue weighted by Gasteiger charge is 2.12. The molecule has 86 valence electrons. The Bertz CT molecular complexity index is 428. The zero-order valence-electron chi connectivity index (χ0n) is 8.35. The summed E-state index contributed by atoms with van der Waals surface area (Å²) >= 11 is 3.14. The minimum absolute atomic E-state index is 0.0578. The van der Waals surface area contributed by atoms with E-state index >= 15 is 0 Å². The van der Waals surface area contributed by atoms with E-state index in [4.69, 9.17) is 5.73 Å². The van der Waals surface area contributed by atoms with Gasteiger partial charge in [0.2, 0.25) is 5.95 Å². The molecule has 0 unspecified atom stereocenters. The second-order valence-corrected chi connectivity index (χ2v) is 6.13. The number of anilines is 1. The first kappa shape index (κ1) is 12.4. The predicted molar refractivity (Wildman–Crippen MR) is 61.1 cm³/mol. The third kappa shape index (κ3) is 3.78. The van der Waals surface area contributed by atoms with Crippen LogP contribution in [0, 0.1) is 0 Å². The third-order valence-corrected chi connectivity index (χ3v) is 4.19. The van der Waals surface area contributed by atoms with E-state index in [9.17, 15) is 8.42 Å². The molecule has 0 amide bonds. The molecule has 0 atom stereocenters. The Morgan fingerprint density at radius 3 is 2.60 bits per heavy atom. The van der Waals surface area contributed by atoms with Crippen molar-refractivity contribution < 1.29 is 8.42 Å². The molecule has 0 aliphatic rings. The number of halogens is 1. The molecule has 1 aromatic rings. The minimum Gasteiger partial charge on any atom is -0.366 e. The largest absolute Gasteiger partial charge is 0.366 e. The highest BCUT2D eigenvalue weighted by atomic mass is 79.9. The van der Waals surface area contributed by atoms with Crippen molar-refractivity contribution in [3.8, 4) is 0 Å². The molecular formula is C7H13BrN4O2S. The molecule has 0 fully saturated rings. The van der Waals surface area contributed by atoms with Gasteiger partial charge in [0.1, 0.15) is 0 Å². The van der Waals surface area contributed by atoms with Crippen molar-refractivity contribution in [3.05, 3.63) is 4.73 Å². The van der Waals surface area contributed by atoms with Crippen LogP contribution in [-0.2, 0) is 16.4 Å². The Labute approximate surface area is 96.9 Å². The Morgan fingerprint density at radius 2 is 2.13 bits per heavy atom. The molecule has 0 aliphatic heterocycles. The summed E-state index contributed by atoms with van der Waals surface area (Å²) in [6, 6.07) is 0. The monoisotopic (exact) mass is 296 g/mol. The first-order valence-electron chi connectivity index (χ1n) is 4.51. The van der Waals surface area contributed by atoms with E-state index in [0.717, 1.165) is 0 Å². The van der Waals surface area contributed by atoms with Gasteiger partial charge in [0.25, 0.3) is 0 Å². The van der Waals surface area contributed by atoms with Crippen molar-refractivity contribution in [3.63, 3.8) is 0 Å². The van der Waals surface area contributed by atoms with Gasteiger partial charge < -0.3 is 5.73 Å². The molecule has 1 heterocycles. The summed E-state index contributed by atoms with van der Waals surface area (Å²) in [5.74, 6) is 0.395. The van der Waals surface area contributed by atoms with Crippen LogP contribution in [0.5, 0.6) is 0 Å². The average molecular weight is 297 g/mol. The van der Waals surface area contributed by atoms with Crippen LogP contribution in [0.4, 0.5) is 5.95 Å². The predicted octanol–water partition coefficient (Wildman–Crippen LogP) is 0.448. The fourth-order valence-corrected chi connectivity index (χ4v) is 2.84. The summed E-state index contributed by atoms with van der Waals surface area (Å²) < 4.78 is 24.7. The molecule has 0 spiro atoms. The van der Waals surface area contributed by atoms with E-state index < -0.39 is 9.84 Å². The number of aryl methyl sites for hydroxylation is 1. The number of aromatic nitrogens is 3. The lowest BCUT2D eigenvalue weighted by Crippen LogP contribution is -2.16. The second-order valence-electron chi connectivity index (χ2n) is 3.11. The van der Waals surface area contributed by atoms with Crippen LogP contribution >= 0.6 is 15.9 Å². The highest BCUT2D eigenvalue weighted by Crippen LogP contribution is 2.08. The third-order valence-electron chi connectivity index (χ3n) is 1.77. The van der Waals surface area contributed by atoms with Crippen LogP contribution in [0.2, 0.25) is 0 Å². The van der Waals surface area contributed by atoms with Gasteiger partial charge in [-0.25, -0.2) is 13.1 Å². The lowest BCUT2D eigenvalue weighted by molar-refractivity contribution is 0.576. The molecule has 6 nitrogen and oxygen atoms in total. The zero-order valence-corrected chi connectivity index (χ0v) is 10.8. The molecular weight excluding hydrogens is 284 g/mol. The number of hydrogen-bond acceptors (Lipinski definition) is 5. The summed E-state index contributed by atoms with van der Waals surface area (Å²) in [6.45, 7) is 2.11. The van der Waals surface area contributed by atoms with E-state index in [2.05, 4.69) is 26.0 Å². The first-order valence-corrected chi connectivity index (χ1v) is 7.12. The quantitative estimate of drug-likeness (QED) is 0.852. The summed E-state index contributed by atoms with van der Waals surface area (Å²) in [5, 5.41) is 3.85. The molecule has 0 saturated heterocycles. The number of rotatable bonds is 5. The smallest absolute Gasteiger partial charge is 0.240 e. The van der Waals surface area contributed by atoms with Crippen molar-refractivity contribution in [1.82, 2.24) is 14.8 Å². The topological polar surface area (TPSA) is 90.9 Å². The molecule has 15 heavy (non-hydrogen) atoms. The van der Waals surface area contributed by atoms with Crippen LogP contribution in [0.15, 0.2) is 4.73 Å². The molecule has 2 N–H and O–H groups in total. The highest BCUT2D eigenvalue weighted by molar-refractivity contribution is 9.10. The lowest BCUT2D eigenvalue weighted by atomic mass is 10.6. The van der Waals surface area contributed by atoms with Gasteiger partial charge in [0.05, 0.1) is 12.3 Å². The summed E-state index contributed by atoms with van der Waals surface area (Å²) in [5.41, 5.74) is 5.35. The minimum atomic E-state index is -2.99. The summed E-state index contributed by atoms with van der Waals surface area (Å²) in [7, 11) is -2.99. The first-order chi connectivity index (χ1) is 6.94. The second kappa shape index (κ2) is 4.93. The van der Waals surface area contributed by atoms with E-state index in [1.807, 2.05) is 6.92 Å². The van der Waals surface area contributed by atoms with Crippen molar-refractivity contribution in [2.24, 2.45) is 0 Å². The normalized spacial score (nSPS) is 11.9. The number of hydrogen-bond donors (Lipinski definition) is 1. The van der Waals surface area contributed by atoms with Crippen molar-refractivity contribution in [2.45, 2.75) is 19.9 Å². The van der Waals surface area contributed by atoms with E-state index in [1.54, 1.807) is 0 Å². The molecule has 1 aromatic heterocycles. The number of nitrogens with zero attached hydrogens (tertiary/aromatic N) is 3. The van der Waals surface area contributed by atoms with Crippen LogP contribution in [0.25, 0.3) is 0 Å². The Balaban J connectivity index is 2.61. The maximum atomic E-state index is 11.4. The van der Waals surface area contributed by atoms with Crippen molar-refractivity contribution in [2.75, 3.05) is 17.2 Å². The standard InChI is InChI=1S/C7H13BrN4O2S/c1-2-4-15(13,14)5-3-12-6(8)10-7(9)11-12/h2-5H2,1H3,(H2,9,11). The maximum Gasteiger partial charge on any atom is 0.240 e. The number of nitrogen functional groups attached to an aromatic ring is 1. The van der Waals surface area contributed by atoms with Crippen LogP contribution in [0.3, 0.4) is 0 Å². The van der Waals surface area contributed by atoms with Gasteiger partial charge in [0.15, 0.2) is 14.6 Å². The van der Waals surface area contributed by atoms with Crippen LogP contribution in [0.1, 0.15) is 13.3 Å². The molecule has 0 radical (unpaired) electrons. The van der Waals surface area contributed by atoms with Crippen LogP contribution in [-0.4, -0.2) is 34.7 Å². The van der Waals surface area contributed by atoms with Crippen LogP contribution < -0.4 is 5.73 Å². The molecule has 0 aliphatic carbocycles. The molecule has 0 aromatic carbocycles. The fraction of sp³-hybridized carbons (Fsp3) is 0.714. The molecule has 0 bridgehead atoms. The molecule has 0 saturated carbocycles. The van der Waals surface area contributed by atoms with Gasteiger partial charge in [-0.15, -0.1) is 5.10 Å². The van der Waals surface area contributed by atoms with Gasteiger partial charge in [-0.1, -0.05) is 6.92 Å². The van der Waals surface area contributed by atoms with E-state index in [1.165, 1.54) is 4.68 Å². The maximum absolute atomic E-state index is 11.4. The lowest BCUT2D eigenvalue weighted by Gasteiger charge is -2.03. The van der Waals surface area contributed by atoms with E-state index in [-0.39, 0.29) is 24.0 Å². The van der Waals surface area contributed by atoms with E-state index in [0.29, 0.717) is 11.2 Å². The van der Waals surface area contributed by atoms with Gasteiger partial charge in [-0.2, -0.15) is 4.98 Å². The average Bonchev–Trinajstić information content (AvgIpc) is 2.42. The zero-order chi connectivity index (χ0) is 11.5. The van der Waals surface area contributed by atoms with Gasteiger partial charge >= 0.3 is 0 Å². The molecule has 1 rings (SSSR count). The van der Waals surface area contributed by atoms with Crippen molar-refractivity contribution >= 4 is 31.7 Å². The Kier molecular flexibility index (Phi) is 4.09.